The minimum Gasteiger partial charge on any atom is -0.445 e. The average molecular weight is 364 g/mol. The zero-order valence-corrected chi connectivity index (χ0v) is 13.3. The lowest BCUT2D eigenvalue weighted by molar-refractivity contribution is 0.141. The number of alkyl carbamates (subject to hydrolysis) is 1. The molecule has 114 valence electrons. The number of halogens is 2. The first-order valence-electron chi connectivity index (χ1n) is 6.71. The van der Waals surface area contributed by atoms with E-state index in [0.29, 0.717) is 12.1 Å². The molecule has 1 N–H and O–H groups in total. The number of ether oxygens (including phenoxy) is 1. The maximum atomic E-state index is 13.1. The van der Waals surface area contributed by atoms with Gasteiger partial charge in [0.15, 0.2) is 0 Å². The Bertz CT molecular complexity index is 659. The smallest absolute Gasteiger partial charge is 0.407 e. The molecule has 0 aromatic heterocycles. The molecular formula is C17H15BrFNO2. The zero-order valence-electron chi connectivity index (χ0n) is 11.8. The predicted octanol–water partition coefficient (Wildman–Crippen LogP) is 4.53. The van der Waals surface area contributed by atoms with Crippen LogP contribution in [-0.2, 0) is 11.3 Å². The number of rotatable bonds is 5. The Hall–Kier alpha value is -2.14. The van der Waals surface area contributed by atoms with Gasteiger partial charge in [0.25, 0.3) is 0 Å². The largest absolute Gasteiger partial charge is 0.445 e. The van der Waals surface area contributed by atoms with Crippen LogP contribution in [0, 0.1) is 5.82 Å². The highest BCUT2D eigenvalue weighted by molar-refractivity contribution is 9.10. The van der Waals surface area contributed by atoms with Gasteiger partial charge in [0.1, 0.15) is 12.4 Å². The summed E-state index contributed by atoms with van der Waals surface area (Å²) in [6.45, 7) is 0.530. The number of amides is 1. The quantitative estimate of drug-likeness (QED) is 0.847. The van der Waals surface area contributed by atoms with Crippen molar-refractivity contribution >= 4 is 28.1 Å². The van der Waals surface area contributed by atoms with Crippen molar-refractivity contribution in [1.82, 2.24) is 5.32 Å². The molecule has 2 rings (SSSR count). The van der Waals surface area contributed by atoms with Gasteiger partial charge in [0, 0.05) is 11.0 Å². The summed E-state index contributed by atoms with van der Waals surface area (Å²) in [4.78, 5) is 11.5. The van der Waals surface area contributed by atoms with Gasteiger partial charge in [0.05, 0.1) is 0 Å². The van der Waals surface area contributed by atoms with Crippen molar-refractivity contribution in [1.29, 1.82) is 0 Å². The summed E-state index contributed by atoms with van der Waals surface area (Å²) in [5, 5.41) is 2.60. The fourth-order valence-corrected chi connectivity index (χ4v) is 2.12. The van der Waals surface area contributed by atoms with Gasteiger partial charge >= 0.3 is 6.09 Å². The summed E-state index contributed by atoms with van der Waals surface area (Å²) in [5.41, 5.74) is 1.64. The first kappa shape index (κ1) is 16.2. The SMILES string of the molecule is O=C(NCC=Cc1cc(F)ccc1Br)OCc1ccccc1. The van der Waals surface area contributed by atoms with Crippen molar-refractivity contribution < 1.29 is 13.9 Å². The number of carbonyl (C=O) groups is 1. The summed E-state index contributed by atoms with van der Waals surface area (Å²) >= 11 is 3.33. The lowest BCUT2D eigenvalue weighted by Crippen LogP contribution is -2.24. The van der Waals surface area contributed by atoms with Crippen molar-refractivity contribution in [3.8, 4) is 0 Å². The zero-order chi connectivity index (χ0) is 15.8. The van der Waals surface area contributed by atoms with E-state index in [1.165, 1.54) is 12.1 Å². The number of nitrogens with one attached hydrogen (secondary N) is 1. The summed E-state index contributed by atoms with van der Waals surface area (Å²) in [7, 11) is 0. The minimum absolute atomic E-state index is 0.228. The topological polar surface area (TPSA) is 38.3 Å². The van der Waals surface area contributed by atoms with Crippen LogP contribution in [0.3, 0.4) is 0 Å². The molecule has 22 heavy (non-hydrogen) atoms. The summed E-state index contributed by atoms with van der Waals surface area (Å²) < 4.78 is 19.0. The molecule has 0 aliphatic heterocycles. The van der Waals surface area contributed by atoms with E-state index in [4.69, 9.17) is 4.74 Å². The predicted molar refractivity (Wildman–Crippen MR) is 87.8 cm³/mol. The molecule has 0 heterocycles. The monoisotopic (exact) mass is 363 g/mol. The van der Waals surface area contributed by atoms with E-state index in [-0.39, 0.29) is 12.4 Å². The number of carbonyl (C=O) groups excluding carboxylic acids is 1. The molecule has 0 saturated carbocycles. The Balaban J connectivity index is 1.75. The van der Waals surface area contributed by atoms with E-state index in [9.17, 15) is 9.18 Å². The van der Waals surface area contributed by atoms with Crippen LogP contribution >= 0.6 is 15.9 Å². The van der Waals surface area contributed by atoms with Crippen LogP contribution in [0.25, 0.3) is 6.08 Å². The second-order valence-corrected chi connectivity index (χ2v) is 5.37. The molecule has 2 aromatic rings. The number of hydrogen-bond acceptors (Lipinski definition) is 2. The Morgan fingerprint density at radius 3 is 2.77 bits per heavy atom. The van der Waals surface area contributed by atoms with Crippen molar-refractivity contribution in [3.63, 3.8) is 0 Å². The third kappa shape index (κ3) is 5.33. The van der Waals surface area contributed by atoms with E-state index in [0.717, 1.165) is 10.0 Å². The molecule has 0 radical (unpaired) electrons. The molecule has 0 unspecified atom stereocenters. The molecule has 2 aromatic carbocycles. The van der Waals surface area contributed by atoms with Gasteiger partial charge in [0.2, 0.25) is 0 Å². The Labute approximate surface area is 136 Å². The number of hydrogen-bond donors (Lipinski definition) is 1. The molecule has 0 saturated heterocycles. The van der Waals surface area contributed by atoms with Gasteiger partial charge in [-0.1, -0.05) is 58.4 Å². The summed E-state index contributed by atoms with van der Waals surface area (Å²) in [6.07, 6.45) is 2.96. The van der Waals surface area contributed by atoms with Crippen molar-refractivity contribution in [2.75, 3.05) is 6.54 Å². The lowest BCUT2D eigenvalue weighted by atomic mass is 10.2. The van der Waals surface area contributed by atoms with Gasteiger partial charge in [-0.15, -0.1) is 0 Å². The van der Waals surface area contributed by atoms with E-state index in [1.807, 2.05) is 30.3 Å². The normalized spacial score (nSPS) is 10.6. The molecule has 0 spiro atoms. The first-order valence-corrected chi connectivity index (χ1v) is 7.50. The molecule has 0 atom stereocenters. The van der Waals surface area contributed by atoms with Crippen molar-refractivity contribution in [3.05, 3.63) is 76.0 Å². The maximum Gasteiger partial charge on any atom is 0.407 e. The van der Waals surface area contributed by atoms with Gasteiger partial charge in [-0.2, -0.15) is 0 Å². The molecule has 5 heteroatoms. The summed E-state index contributed by atoms with van der Waals surface area (Å²) in [5.74, 6) is -0.307. The third-order valence-corrected chi connectivity index (χ3v) is 3.55. The molecule has 0 aliphatic rings. The Morgan fingerprint density at radius 2 is 2.00 bits per heavy atom. The second-order valence-electron chi connectivity index (χ2n) is 4.51. The van der Waals surface area contributed by atoms with Crippen LogP contribution in [0.1, 0.15) is 11.1 Å². The maximum absolute atomic E-state index is 13.1. The third-order valence-electron chi connectivity index (χ3n) is 2.83. The van der Waals surface area contributed by atoms with Crippen molar-refractivity contribution in [2.45, 2.75) is 6.61 Å². The minimum atomic E-state index is -0.494. The second kappa shape index (κ2) is 8.34. The van der Waals surface area contributed by atoms with Crippen LogP contribution in [0.15, 0.2) is 59.1 Å². The standard InChI is InChI=1S/C17H15BrFNO2/c18-16-9-8-15(19)11-14(16)7-4-10-20-17(21)22-12-13-5-2-1-3-6-13/h1-9,11H,10,12H2,(H,20,21). The highest BCUT2D eigenvalue weighted by Gasteiger charge is 2.01. The van der Waals surface area contributed by atoms with Crippen LogP contribution < -0.4 is 5.32 Å². The van der Waals surface area contributed by atoms with Crippen LogP contribution in [0.2, 0.25) is 0 Å². The molecule has 0 aliphatic carbocycles. The van der Waals surface area contributed by atoms with Crippen LogP contribution in [0.4, 0.5) is 9.18 Å². The molecule has 0 bridgehead atoms. The van der Waals surface area contributed by atoms with Gasteiger partial charge < -0.3 is 10.1 Å². The van der Waals surface area contributed by atoms with E-state index < -0.39 is 6.09 Å². The fraction of sp³-hybridized carbons (Fsp3) is 0.118. The molecular weight excluding hydrogens is 349 g/mol. The molecule has 0 fully saturated rings. The molecule has 3 nitrogen and oxygen atoms in total. The first-order chi connectivity index (χ1) is 10.6. The highest BCUT2D eigenvalue weighted by atomic mass is 79.9. The van der Waals surface area contributed by atoms with Gasteiger partial charge in [-0.25, -0.2) is 9.18 Å². The van der Waals surface area contributed by atoms with Gasteiger partial charge in [-0.3, -0.25) is 0 Å². The Morgan fingerprint density at radius 1 is 1.23 bits per heavy atom. The van der Waals surface area contributed by atoms with Crippen LogP contribution in [-0.4, -0.2) is 12.6 Å². The fourth-order valence-electron chi connectivity index (χ4n) is 1.74. The summed E-state index contributed by atoms with van der Waals surface area (Å²) in [6, 6.07) is 13.9. The Kier molecular flexibility index (Phi) is 6.15. The van der Waals surface area contributed by atoms with E-state index in [1.54, 1.807) is 18.2 Å². The van der Waals surface area contributed by atoms with E-state index >= 15 is 0 Å². The number of benzene rings is 2. The van der Waals surface area contributed by atoms with E-state index in [2.05, 4.69) is 21.2 Å². The lowest BCUT2D eigenvalue weighted by Gasteiger charge is -2.05. The highest BCUT2D eigenvalue weighted by Crippen LogP contribution is 2.18. The van der Waals surface area contributed by atoms with Crippen LogP contribution in [0.5, 0.6) is 0 Å². The molecule has 1 amide bonds. The average Bonchev–Trinajstić information content (AvgIpc) is 2.53. The van der Waals surface area contributed by atoms with Gasteiger partial charge in [-0.05, 0) is 29.3 Å². The van der Waals surface area contributed by atoms with Crippen molar-refractivity contribution in [2.24, 2.45) is 0 Å².